The molecule has 1 heterocycles. The second kappa shape index (κ2) is 4.80. The highest BCUT2D eigenvalue weighted by atomic mass is 79.9. The Hall–Kier alpha value is -0.820. The topological polar surface area (TPSA) is 45.1 Å². The van der Waals surface area contributed by atoms with Gasteiger partial charge in [0.05, 0.1) is 12.2 Å². The van der Waals surface area contributed by atoms with Gasteiger partial charge in [-0.15, -0.1) is 0 Å². The first-order valence-electron chi connectivity index (χ1n) is 4.02. The van der Waals surface area contributed by atoms with Crippen LogP contribution < -0.4 is 5.32 Å². The Labute approximate surface area is 92.5 Å². The summed E-state index contributed by atoms with van der Waals surface area (Å²) in [6.07, 6.45) is -3.20. The van der Waals surface area contributed by atoms with E-state index >= 15 is 0 Å². The fraction of sp³-hybridized carbons (Fsp3) is 0.375. The normalized spacial score (nSPS) is 11.5. The minimum absolute atomic E-state index is 0.0255. The van der Waals surface area contributed by atoms with Crippen LogP contribution in [0.4, 0.5) is 19.0 Å². The fourth-order valence-electron chi connectivity index (χ4n) is 0.971. The molecule has 1 aromatic rings. The first-order valence-corrected chi connectivity index (χ1v) is 4.82. The largest absolute Gasteiger partial charge is 0.419 e. The summed E-state index contributed by atoms with van der Waals surface area (Å²) in [5.74, 6) is -0.278. The Morgan fingerprint density at radius 3 is 2.67 bits per heavy atom. The van der Waals surface area contributed by atoms with Crippen molar-refractivity contribution in [2.24, 2.45) is 0 Å². The Bertz CT molecular complexity index is 343. The molecule has 0 spiro atoms. The van der Waals surface area contributed by atoms with E-state index in [1.54, 1.807) is 0 Å². The Balaban J connectivity index is 3.04. The number of hydrogen-bond donors (Lipinski definition) is 2. The zero-order chi connectivity index (χ0) is 11.5. The van der Waals surface area contributed by atoms with Gasteiger partial charge in [0.2, 0.25) is 0 Å². The molecule has 0 aliphatic carbocycles. The maximum atomic E-state index is 12.5. The molecule has 0 aliphatic rings. The van der Waals surface area contributed by atoms with E-state index in [2.05, 4.69) is 26.2 Å². The third kappa shape index (κ3) is 3.35. The summed E-state index contributed by atoms with van der Waals surface area (Å²) >= 11 is 2.92. The van der Waals surface area contributed by atoms with E-state index in [4.69, 9.17) is 5.11 Å². The van der Waals surface area contributed by atoms with Gasteiger partial charge < -0.3 is 10.4 Å². The summed E-state index contributed by atoms with van der Waals surface area (Å²) in [5.41, 5.74) is -0.856. The number of nitrogens with zero attached hydrogens (tertiary/aromatic N) is 1. The van der Waals surface area contributed by atoms with Crippen LogP contribution in [0.5, 0.6) is 0 Å². The van der Waals surface area contributed by atoms with Gasteiger partial charge in [-0.2, -0.15) is 13.2 Å². The lowest BCUT2D eigenvalue weighted by molar-refractivity contribution is -0.137. The lowest BCUT2D eigenvalue weighted by atomic mass is 10.2. The molecule has 0 saturated heterocycles. The van der Waals surface area contributed by atoms with Crippen molar-refractivity contribution in [2.45, 2.75) is 6.18 Å². The zero-order valence-corrected chi connectivity index (χ0v) is 9.06. The molecule has 1 aromatic heterocycles. The Morgan fingerprint density at radius 2 is 2.13 bits per heavy atom. The van der Waals surface area contributed by atoms with Crippen LogP contribution >= 0.6 is 15.9 Å². The highest BCUT2D eigenvalue weighted by Gasteiger charge is 2.34. The molecular weight excluding hydrogens is 277 g/mol. The van der Waals surface area contributed by atoms with Gasteiger partial charge in [-0.1, -0.05) is 0 Å². The molecule has 0 atom stereocenters. The molecule has 15 heavy (non-hydrogen) atoms. The highest BCUT2D eigenvalue weighted by molar-refractivity contribution is 9.10. The quantitative estimate of drug-likeness (QED) is 0.895. The average molecular weight is 285 g/mol. The molecule has 2 N–H and O–H groups in total. The maximum Gasteiger partial charge on any atom is 0.419 e. The molecule has 7 heteroatoms. The number of halogens is 4. The van der Waals surface area contributed by atoms with E-state index in [1.807, 2.05) is 0 Å². The van der Waals surface area contributed by atoms with Crippen molar-refractivity contribution in [1.82, 2.24) is 4.98 Å². The third-order valence-electron chi connectivity index (χ3n) is 1.56. The molecule has 0 aromatic carbocycles. The molecule has 3 nitrogen and oxygen atoms in total. The van der Waals surface area contributed by atoms with Crippen molar-refractivity contribution in [3.05, 3.63) is 22.3 Å². The molecule has 0 amide bonds. The molecule has 0 radical (unpaired) electrons. The number of alkyl halides is 3. The van der Waals surface area contributed by atoms with Crippen molar-refractivity contribution in [2.75, 3.05) is 18.5 Å². The summed E-state index contributed by atoms with van der Waals surface area (Å²) in [7, 11) is 0. The molecule has 1 rings (SSSR count). The number of hydrogen-bond acceptors (Lipinski definition) is 3. The number of pyridine rings is 1. The fourth-order valence-corrected chi connectivity index (χ4v) is 1.30. The number of aromatic nitrogens is 1. The van der Waals surface area contributed by atoms with E-state index in [0.29, 0.717) is 0 Å². The van der Waals surface area contributed by atoms with Crippen LogP contribution in [-0.2, 0) is 6.18 Å². The van der Waals surface area contributed by atoms with Gasteiger partial charge in [0.1, 0.15) is 5.82 Å². The molecule has 0 fully saturated rings. The van der Waals surface area contributed by atoms with Crippen molar-refractivity contribution in [3.8, 4) is 0 Å². The minimum atomic E-state index is -4.46. The zero-order valence-electron chi connectivity index (χ0n) is 7.48. The second-order valence-corrected chi connectivity index (χ2v) is 3.61. The second-order valence-electron chi connectivity index (χ2n) is 2.70. The van der Waals surface area contributed by atoms with Crippen LogP contribution in [0.1, 0.15) is 5.56 Å². The molecule has 0 saturated carbocycles. The summed E-state index contributed by atoms with van der Waals surface area (Å²) in [4.78, 5) is 3.59. The first kappa shape index (κ1) is 12.3. The monoisotopic (exact) mass is 284 g/mol. The summed E-state index contributed by atoms with van der Waals surface area (Å²) in [6, 6.07) is 0.937. The van der Waals surface area contributed by atoms with Gasteiger partial charge in [0.25, 0.3) is 0 Å². The lowest BCUT2D eigenvalue weighted by Gasteiger charge is -2.12. The smallest absolute Gasteiger partial charge is 0.395 e. The van der Waals surface area contributed by atoms with Crippen LogP contribution in [0.15, 0.2) is 16.7 Å². The number of aliphatic hydroxyl groups excluding tert-OH is 1. The molecule has 0 unspecified atom stereocenters. The Morgan fingerprint density at radius 1 is 1.47 bits per heavy atom. The van der Waals surface area contributed by atoms with E-state index in [-0.39, 0.29) is 23.4 Å². The summed E-state index contributed by atoms with van der Waals surface area (Å²) in [5, 5.41) is 10.9. The minimum Gasteiger partial charge on any atom is -0.395 e. The van der Waals surface area contributed by atoms with Crippen LogP contribution in [0.25, 0.3) is 0 Å². The van der Waals surface area contributed by atoms with Crippen molar-refractivity contribution >= 4 is 21.7 Å². The van der Waals surface area contributed by atoms with Gasteiger partial charge in [-0.3, -0.25) is 0 Å². The van der Waals surface area contributed by atoms with Crippen molar-refractivity contribution in [3.63, 3.8) is 0 Å². The van der Waals surface area contributed by atoms with Gasteiger partial charge >= 0.3 is 6.18 Å². The van der Waals surface area contributed by atoms with Crippen molar-refractivity contribution in [1.29, 1.82) is 0 Å². The van der Waals surface area contributed by atoms with Gasteiger partial charge in [-0.05, 0) is 22.0 Å². The van der Waals surface area contributed by atoms with Gasteiger partial charge in [0.15, 0.2) is 0 Å². The predicted octanol–water partition coefficient (Wildman–Crippen LogP) is 2.27. The van der Waals surface area contributed by atoms with E-state index in [1.165, 1.54) is 6.20 Å². The first-order chi connectivity index (χ1) is 6.95. The number of nitrogens with one attached hydrogen (secondary N) is 1. The highest BCUT2D eigenvalue weighted by Crippen LogP contribution is 2.35. The van der Waals surface area contributed by atoms with Crippen LogP contribution in [0.2, 0.25) is 0 Å². The van der Waals surface area contributed by atoms with Crippen LogP contribution in [0.3, 0.4) is 0 Å². The predicted molar refractivity (Wildman–Crippen MR) is 52.5 cm³/mol. The van der Waals surface area contributed by atoms with Crippen LogP contribution in [0, 0.1) is 0 Å². The van der Waals surface area contributed by atoms with E-state index < -0.39 is 11.7 Å². The van der Waals surface area contributed by atoms with Gasteiger partial charge in [-0.25, -0.2) is 4.98 Å². The number of aliphatic hydroxyl groups is 1. The molecule has 0 aliphatic heterocycles. The van der Waals surface area contributed by atoms with Gasteiger partial charge in [0, 0.05) is 17.2 Å². The SMILES string of the molecule is OCCNc1ncc(Br)cc1C(F)(F)F. The maximum absolute atomic E-state index is 12.5. The average Bonchev–Trinajstić information content (AvgIpc) is 2.14. The number of rotatable bonds is 3. The third-order valence-corrected chi connectivity index (χ3v) is 2.00. The van der Waals surface area contributed by atoms with Crippen molar-refractivity contribution < 1.29 is 18.3 Å². The lowest BCUT2D eigenvalue weighted by Crippen LogP contribution is -2.14. The van der Waals surface area contributed by atoms with E-state index in [9.17, 15) is 13.2 Å². The standard InChI is InChI=1S/C8H8BrF3N2O/c9-5-3-6(8(10,11)12)7(14-4-5)13-1-2-15/h3-4,15H,1-2H2,(H,13,14). The summed E-state index contributed by atoms with van der Waals surface area (Å²) < 4.78 is 37.7. The van der Waals surface area contributed by atoms with E-state index in [0.717, 1.165) is 6.07 Å². The molecule has 84 valence electrons. The number of anilines is 1. The summed E-state index contributed by atoms with van der Waals surface area (Å²) in [6.45, 7) is -0.229. The Kier molecular flexibility index (Phi) is 3.92. The molecule has 0 bridgehead atoms. The molecular formula is C8H8BrF3N2O. The van der Waals surface area contributed by atoms with Crippen LogP contribution in [-0.4, -0.2) is 23.2 Å².